The van der Waals surface area contributed by atoms with Crippen molar-refractivity contribution in [3.63, 3.8) is 0 Å². The fourth-order valence-electron chi connectivity index (χ4n) is 2.41. The molecule has 1 atom stereocenters. The van der Waals surface area contributed by atoms with Crippen molar-refractivity contribution >= 4 is 21.2 Å². The maximum Gasteiger partial charge on any atom is 0.150 e. The van der Waals surface area contributed by atoms with Gasteiger partial charge in [0.25, 0.3) is 0 Å². The molecule has 1 saturated heterocycles. The minimum atomic E-state index is -2.73. The maximum atomic E-state index is 11.3. The van der Waals surface area contributed by atoms with Gasteiger partial charge < -0.3 is 5.32 Å². The third-order valence-electron chi connectivity index (χ3n) is 3.68. The molecule has 0 bridgehead atoms. The van der Waals surface area contributed by atoms with Gasteiger partial charge in [-0.1, -0.05) is 0 Å². The molecular formula is C13H21NO2S2. The number of nitrogens with one attached hydrogen (secondary N) is 1. The summed E-state index contributed by atoms with van der Waals surface area (Å²) in [6.45, 7) is 5.24. The first-order valence-corrected chi connectivity index (χ1v) is 9.16. The number of rotatable bonds is 4. The lowest BCUT2D eigenvalue weighted by Crippen LogP contribution is -2.32. The molecule has 0 aliphatic carbocycles. The highest BCUT2D eigenvalue weighted by atomic mass is 32.2. The van der Waals surface area contributed by atoms with Crippen LogP contribution >= 0.6 is 11.3 Å². The van der Waals surface area contributed by atoms with Crippen molar-refractivity contribution in [2.75, 3.05) is 18.1 Å². The van der Waals surface area contributed by atoms with Crippen LogP contribution in [-0.2, 0) is 9.84 Å². The Morgan fingerprint density at radius 3 is 2.67 bits per heavy atom. The highest BCUT2D eigenvalue weighted by Crippen LogP contribution is 2.24. The molecule has 2 rings (SSSR count). The molecule has 18 heavy (non-hydrogen) atoms. The summed E-state index contributed by atoms with van der Waals surface area (Å²) in [4.78, 5) is 1.39. The average Bonchev–Trinajstić information content (AvgIpc) is 2.74. The summed E-state index contributed by atoms with van der Waals surface area (Å²) in [7, 11) is -2.73. The molecule has 5 heteroatoms. The number of aryl methyl sites for hydroxylation is 1. The predicted octanol–water partition coefficient (Wildman–Crippen LogP) is 2.53. The summed E-state index contributed by atoms with van der Waals surface area (Å²) in [5.41, 5.74) is 1.34. The molecule has 1 aromatic rings. The van der Waals surface area contributed by atoms with E-state index in [1.54, 1.807) is 11.3 Å². The van der Waals surface area contributed by atoms with Crippen molar-refractivity contribution in [3.05, 3.63) is 21.9 Å². The van der Waals surface area contributed by atoms with Gasteiger partial charge in [0, 0.05) is 10.9 Å². The van der Waals surface area contributed by atoms with Crippen molar-refractivity contribution in [2.24, 2.45) is 5.92 Å². The van der Waals surface area contributed by atoms with Crippen LogP contribution in [0.25, 0.3) is 0 Å². The quantitative estimate of drug-likeness (QED) is 0.925. The lowest BCUT2D eigenvalue weighted by atomic mass is 10.0. The van der Waals surface area contributed by atoms with Crippen LogP contribution < -0.4 is 5.32 Å². The van der Waals surface area contributed by atoms with Crippen molar-refractivity contribution in [3.8, 4) is 0 Å². The van der Waals surface area contributed by atoms with E-state index in [0.29, 0.717) is 23.5 Å². The van der Waals surface area contributed by atoms with Crippen molar-refractivity contribution in [1.29, 1.82) is 0 Å². The average molecular weight is 287 g/mol. The van der Waals surface area contributed by atoms with E-state index in [1.807, 2.05) is 0 Å². The van der Waals surface area contributed by atoms with Crippen molar-refractivity contribution in [1.82, 2.24) is 5.32 Å². The first-order valence-electron chi connectivity index (χ1n) is 6.46. The summed E-state index contributed by atoms with van der Waals surface area (Å²) < 4.78 is 22.7. The Morgan fingerprint density at radius 1 is 1.44 bits per heavy atom. The Kier molecular flexibility index (Phi) is 4.45. The van der Waals surface area contributed by atoms with E-state index < -0.39 is 9.84 Å². The molecule has 1 fully saturated rings. The summed E-state index contributed by atoms with van der Waals surface area (Å²) in [6, 6.07) is 2.51. The first kappa shape index (κ1) is 14.0. The van der Waals surface area contributed by atoms with Crippen LogP contribution in [-0.4, -0.2) is 26.5 Å². The van der Waals surface area contributed by atoms with Gasteiger partial charge in [0.1, 0.15) is 9.84 Å². The van der Waals surface area contributed by atoms with Crippen LogP contribution in [0.15, 0.2) is 11.4 Å². The Balaban J connectivity index is 1.81. The van der Waals surface area contributed by atoms with E-state index in [-0.39, 0.29) is 0 Å². The van der Waals surface area contributed by atoms with Crippen molar-refractivity contribution in [2.45, 2.75) is 32.7 Å². The molecule has 0 radical (unpaired) electrons. The molecule has 1 aliphatic rings. The second kappa shape index (κ2) is 5.72. The van der Waals surface area contributed by atoms with Crippen molar-refractivity contribution < 1.29 is 8.42 Å². The van der Waals surface area contributed by atoms with E-state index in [4.69, 9.17) is 0 Å². The fraction of sp³-hybridized carbons (Fsp3) is 0.692. The van der Waals surface area contributed by atoms with Crippen LogP contribution in [0.4, 0.5) is 0 Å². The monoisotopic (exact) mass is 287 g/mol. The van der Waals surface area contributed by atoms with Crippen LogP contribution in [0, 0.1) is 12.8 Å². The zero-order valence-electron chi connectivity index (χ0n) is 11.0. The Hall–Kier alpha value is -0.390. The standard InChI is InChI=1S/C13H21NO2S2/c1-10-3-6-17-13(10)11(2)14-9-12-4-7-18(15,16)8-5-12/h3,6,11-12,14H,4-5,7-9H2,1-2H3/t11-/m0/s1. The highest BCUT2D eigenvalue weighted by molar-refractivity contribution is 7.91. The van der Waals surface area contributed by atoms with E-state index in [1.165, 1.54) is 10.4 Å². The number of sulfone groups is 1. The predicted molar refractivity (Wildman–Crippen MR) is 76.9 cm³/mol. The molecule has 102 valence electrons. The Morgan fingerprint density at radius 2 is 2.11 bits per heavy atom. The minimum Gasteiger partial charge on any atom is -0.309 e. The second-order valence-electron chi connectivity index (χ2n) is 5.19. The van der Waals surface area contributed by atoms with Crippen LogP contribution in [0.3, 0.4) is 0 Å². The third kappa shape index (κ3) is 3.56. The number of hydrogen-bond acceptors (Lipinski definition) is 4. The molecule has 0 spiro atoms. The van der Waals surface area contributed by atoms with Gasteiger partial charge in [-0.05, 0) is 56.2 Å². The van der Waals surface area contributed by atoms with E-state index >= 15 is 0 Å². The van der Waals surface area contributed by atoms with Gasteiger partial charge in [0.2, 0.25) is 0 Å². The fourth-order valence-corrected chi connectivity index (χ4v) is 4.96. The van der Waals surface area contributed by atoms with Crippen LogP contribution in [0.2, 0.25) is 0 Å². The molecule has 1 N–H and O–H groups in total. The van der Waals surface area contributed by atoms with Gasteiger partial charge in [0.15, 0.2) is 0 Å². The summed E-state index contributed by atoms with van der Waals surface area (Å²) in [6.07, 6.45) is 1.62. The molecule has 1 aliphatic heterocycles. The number of thiophene rings is 1. The maximum absolute atomic E-state index is 11.3. The van der Waals surface area contributed by atoms with E-state index in [9.17, 15) is 8.42 Å². The molecule has 1 aromatic heterocycles. The second-order valence-corrected chi connectivity index (χ2v) is 8.44. The first-order chi connectivity index (χ1) is 8.48. The molecule has 0 saturated carbocycles. The Labute approximate surface area is 114 Å². The summed E-state index contributed by atoms with van der Waals surface area (Å²) in [5, 5.41) is 5.66. The van der Waals surface area contributed by atoms with E-state index in [2.05, 4.69) is 30.6 Å². The van der Waals surface area contributed by atoms with E-state index in [0.717, 1.165) is 19.4 Å². The summed E-state index contributed by atoms with van der Waals surface area (Å²) >= 11 is 1.79. The smallest absolute Gasteiger partial charge is 0.150 e. The molecule has 3 nitrogen and oxygen atoms in total. The van der Waals surface area contributed by atoms with Gasteiger partial charge in [0.05, 0.1) is 11.5 Å². The molecule has 0 unspecified atom stereocenters. The summed E-state index contributed by atoms with van der Waals surface area (Å²) in [5.74, 6) is 1.24. The minimum absolute atomic E-state index is 0.364. The molecule has 2 heterocycles. The topological polar surface area (TPSA) is 46.2 Å². The van der Waals surface area contributed by atoms with Crippen LogP contribution in [0.5, 0.6) is 0 Å². The Bertz CT molecular complexity index is 479. The van der Waals surface area contributed by atoms with Gasteiger partial charge >= 0.3 is 0 Å². The van der Waals surface area contributed by atoms with Gasteiger partial charge in [-0.25, -0.2) is 8.42 Å². The van der Waals surface area contributed by atoms with Gasteiger partial charge in [-0.2, -0.15) is 0 Å². The normalized spacial score (nSPS) is 21.9. The van der Waals surface area contributed by atoms with Gasteiger partial charge in [-0.15, -0.1) is 11.3 Å². The zero-order valence-corrected chi connectivity index (χ0v) is 12.6. The third-order valence-corrected chi connectivity index (χ3v) is 6.60. The SMILES string of the molecule is Cc1ccsc1[C@H](C)NCC1CCS(=O)(=O)CC1. The largest absolute Gasteiger partial charge is 0.309 e. The van der Waals surface area contributed by atoms with Crippen LogP contribution in [0.1, 0.15) is 36.2 Å². The zero-order chi connectivity index (χ0) is 13.2. The lowest BCUT2D eigenvalue weighted by molar-refractivity contribution is 0.411. The van der Waals surface area contributed by atoms with Gasteiger partial charge in [-0.3, -0.25) is 0 Å². The lowest BCUT2D eigenvalue weighted by Gasteiger charge is -2.24. The molecular weight excluding hydrogens is 266 g/mol. The molecule has 0 amide bonds. The molecule has 0 aromatic carbocycles. The number of hydrogen-bond donors (Lipinski definition) is 1. The highest BCUT2D eigenvalue weighted by Gasteiger charge is 2.23.